The van der Waals surface area contributed by atoms with Crippen LogP contribution in [0, 0.1) is 0 Å². The predicted molar refractivity (Wildman–Crippen MR) is 48.9 cm³/mol. The van der Waals surface area contributed by atoms with Gasteiger partial charge in [0.15, 0.2) is 0 Å². The number of halogens is 1. The first-order valence-electron chi connectivity index (χ1n) is 4.04. The second kappa shape index (κ2) is 4.75. The Morgan fingerprint density at radius 1 is 1.73 bits per heavy atom. The van der Waals surface area contributed by atoms with Gasteiger partial charge in [0, 0.05) is 37.8 Å². The third-order valence-electron chi connectivity index (χ3n) is 1.91. The fourth-order valence-electron chi connectivity index (χ4n) is 1.37. The summed E-state index contributed by atoms with van der Waals surface area (Å²) in [6.07, 6.45) is 1.99. The van der Waals surface area contributed by atoms with Gasteiger partial charge >= 0.3 is 0 Å². The second-order valence-electron chi connectivity index (χ2n) is 2.98. The molecule has 0 unspecified atom stereocenters. The third-order valence-corrected chi connectivity index (χ3v) is 2.08. The lowest BCUT2D eigenvalue weighted by atomic mass is 10.2. The van der Waals surface area contributed by atoms with Crippen LogP contribution < -0.4 is 5.32 Å². The van der Waals surface area contributed by atoms with E-state index in [1.165, 1.54) is 0 Å². The third kappa shape index (κ3) is 3.23. The summed E-state index contributed by atoms with van der Waals surface area (Å²) in [5, 5.41) is 3.39. The maximum Gasteiger partial charge on any atom is 0.0175 e. The van der Waals surface area contributed by atoms with Crippen molar-refractivity contribution in [2.75, 3.05) is 26.2 Å². The molecule has 1 fully saturated rings. The Hall–Kier alpha value is -0.0500. The minimum atomic E-state index is 0.618. The van der Waals surface area contributed by atoms with Crippen LogP contribution in [0.1, 0.15) is 6.92 Å². The van der Waals surface area contributed by atoms with E-state index in [2.05, 4.69) is 17.1 Å². The maximum absolute atomic E-state index is 5.43. The molecule has 0 aromatic carbocycles. The molecule has 0 aliphatic carbocycles. The molecule has 64 valence electrons. The molecule has 0 saturated carbocycles. The van der Waals surface area contributed by atoms with E-state index in [0.29, 0.717) is 6.04 Å². The van der Waals surface area contributed by atoms with Crippen LogP contribution in [-0.2, 0) is 0 Å². The molecule has 1 aliphatic heterocycles. The van der Waals surface area contributed by atoms with Crippen molar-refractivity contribution in [3.63, 3.8) is 0 Å². The van der Waals surface area contributed by atoms with Crippen LogP contribution in [0.5, 0.6) is 0 Å². The monoisotopic (exact) mass is 174 g/mol. The normalized spacial score (nSPS) is 28.0. The van der Waals surface area contributed by atoms with Crippen LogP contribution in [0.3, 0.4) is 0 Å². The van der Waals surface area contributed by atoms with Crippen molar-refractivity contribution in [2.45, 2.75) is 13.0 Å². The summed E-state index contributed by atoms with van der Waals surface area (Å²) in [5.41, 5.74) is 1.59. The van der Waals surface area contributed by atoms with Crippen molar-refractivity contribution in [1.29, 1.82) is 0 Å². The van der Waals surface area contributed by atoms with Gasteiger partial charge in [-0.15, -0.1) is 0 Å². The number of piperazine rings is 1. The number of rotatable bonds is 2. The Morgan fingerprint density at radius 2 is 2.55 bits per heavy atom. The van der Waals surface area contributed by atoms with E-state index in [9.17, 15) is 0 Å². The van der Waals surface area contributed by atoms with Crippen LogP contribution >= 0.6 is 11.6 Å². The highest BCUT2D eigenvalue weighted by Crippen LogP contribution is 1.98. The summed E-state index contributed by atoms with van der Waals surface area (Å²) < 4.78 is 0. The Labute approximate surface area is 73.2 Å². The van der Waals surface area contributed by atoms with Crippen molar-refractivity contribution in [3.8, 4) is 0 Å². The zero-order chi connectivity index (χ0) is 8.10. The van der Waals surface area contributed by atoms with E-state index in [4.69, 9.17) is 11.6 Å². The van der Waals surface area contributed by atoms with Crippen molar-refractivity contribution in [3.05, 3.63) is 11.6 Å². The summed E-state index contributed by atoms with van der Waals surface area (Å²) in [4.78, 5) is 2.39. The SMILES string of the molecule is C[C@@H]1CN(C/C=C/Cl)CCN1. The van der Waals surface area contributed by atoms with E-state index < -0.39 is 0 Å². The zero-order valence-corrected chi connectivity index (χ0v) is 7.64. The first-order chi connectivity index (χ1) is 5.33. The average Bonchev–Trinajstić information content (AvgIpc) is 2.01. The molecule has 1 N–H and O–H groups in total. The summed E-state index contributed by atoms with van der Waals surface area (Å²) >= 11 is 5.43. The Morgan fingerprint density at radius 3 is 3.18 bits per heavy atom. The van der Waals surface area contributed by atoms with Gasteiger partial charge in [-0.2, -0.15) is 0 Å². The second-order valence-corrected chi connectivity index (χ2v) is 3.23. The summed E-state index contributed by atoms with van der Waals surface area (Å²) in [6, 6.07) is 0.618. The van der Waals surface area contributed by atoms with Gasteiger partial charge in [-0.25, -0.2) is 0 Å². The van der Waals surface area contributed by atoms with Crippen molar-refractivity contribution < 1.29 is 0 Å². The van der Waals surface area contributed by atoms with Gasteiger partial charge in [-0.05, 0) is 6.92 Å². The molecule has 0 aromatic rings. The molecular weight excluding hydrogens is 160 g/mol. The van der Waals surface area contributed by atoms with Crippen LogP contribution in [0.25, 0.3) is 0 Å². The fourth-order valence-corrected chi connectivity index (χ4v) is 1.45. The smallest absolute Gasteiger partial charge is 0.0175 e. The van der Waals surface area contributed by atoms with Crippen LogP contribution in [-0.4, -0.2) is 37.1 Å². The lowest BCUT2D eigenvalue weighted by Crippen LogP contribution is -2.49. The minimum absolute atomic E-state index is 0.618. The molecule has 0 spiro atoms. The van der Waals surface area contributed by atoms with Gasteiger partial charge in [-0.1, -0.05) is 17.7 Å². The summed E-state index contributed by atoms with van der Waals surface area (Å²) in [5.74, 6) is 0. The van der Waals surface area contributed by atoms with E-state index in [1.807, 2.05) is 6.08 Å². The first kappa shape index (κ1) is 9.04. The Kier molecular flexibility index (Phi) is 3.91. The molecule has 11 heavy (non-hydrogen) atoms. The highest BCUT2D eigenvalue weighted by atomic mass is 35.5. The minimum Gasteiger partial charge on any atom is -0.312 e. The van der Waals surface area contributed by atoms with E-state index >= 15 is 0 Å². The lowest BCUT2D eigenvalue weighted by molar-refractivity contribution is 0.226. The van der Waals surface area contributed by atoms with Crippen LogP contribution in [0.4, 0.5) is 0 Å². The summed E-state index contributed by atoms with van der Waals surface area (Å²) in [6.45, 7) is 6.54. The fraction of sp³-hybridized carbons (Fsp3) is 0.750. The van der Waals surface area contributed by atoms with Gasteiger partial charge in [0.25, 0.3) is 0 Å². The van der Waals surface area contributed by atoms with Crippen LogP contribution in [0.2, 0.25) is 0 Å². The van der Waals surface area contributed by atoms with Gasteiger partial charge < -0.3 is 5.32 Å². The molecule has 1 aliphatic rings. The molecule has 2 nitrogen and oxygen atoms in total. The molecule has 1 saturated heterocycles. The molecule has 0 aromatic heterocycles. The highest BCUT2D eigenvalue weighted by Gasteiger charge is 2.13. The number of hydrogen-bond donors (Lipinski definition) is 1. The molecule has 1 rings (SSSR count). The predicted octanol–water partition coefficient (Wildman–Crippen LogP) is 1.03. The first-order valence-corrected chi connectivity index (χ1v) is 4.47. The van der Waals surface area contributed by atoms with E-state index in [1.54, 1.807) is 5.54 Å². The summed E-state index contributed by atoms with van der Waals surface area (Å²) in [7, 11) is 0. The Balaban J connectivity index is 2.22. The maximum atomic E-state index is 5.43. The quantitative estimate of drug-likeness (QED) is 0.673. The largest absolute Gasteiger partial charge is 0.312 e. The van der Waals surface area contributed by atoms with Gasteiger partial charge in [-0.3, -0.25) is 4.90 Å². The molecule has 1 heterocycles. The van der Waals surface area contributed by atoms with Crippen molar-refractivity contribution >= 4 is 11.6 Å². The van der Waals surface area contributed by atoms with E-state index in [0.717, 1.165) is 26.2 Å². The number of hydrogen-bond acceptors (Lipinski definition) is 2. The lowest BCUT2D eigenvalue weighted by Gasteiger charge is -2.30. The standard InChI is InChI=1S/C8H15ClN2/c1-8-7-11(5-2-3-9)6-4-10-8/h2-3,8,10H,4-7H2,1H3/b3-2+/t8-/m1/s1. The topological polar surface area (TPSA) is 15.3 Å². The molecular formula is C8H15ClN2. The number of nitrogens with zero attached hydrogens (tertiary/aromatic N) is 1. The van der Waals surface area contributed by atoms with Gasteiger partial charge in [0.05, 0.1) is 0 Å². The van der Waals surface area contributed by atoms with Gasteiger partial charge in [0.2, 0.25) is 0 Å². The number of nitrogens with one attached hydrogen (secondary N) is 1. The van der Waals surface area contributed by atoms with Crippen molar-refractivity contribution in [1.82, 2.24) is 10.2 Å². The molecule has 3 heteroatoms. The molecule has 0 radical (unpaired) electrons. The molecule has 1 atom stereocenters. The molecule has 0 amide bonds. The zero-order valence-electron chi connectivity index (χ0n) is 6.89. The highest BCUT2D eigenvalue weighted by molar-refractivity contribution is 6.25. The van der Waals surface area contributed by atoms with Crippen molar-refractivity contribution in [2.24, 2.45) is 0 Å². The molecule has 0 bridgehead atoms. The van der Waals surface area contributed by atoms with Gasteiger partial charge in [0.1, 0.15) is 0 Å². The van der Waals surface area contributed by atoms with Crippen LogP contribution in [0.15, 0.2) is 11.6 Å². The average molecular weight is 175 g/mol. The van der Waals surface area contributed by atoms with E-state index in [-0.39, 0.29) is 0 Å². The Bertz CT molecular complexity index is 136.